The topological polar surface area (TPSA) is 39.4 Å². The number of fused-ring (bicyclic) bond motifs is 1. The largest absolute Gasteiger partial charge is 0.475 e. The predicted octanol–water partition coefficient (Wildman–Crippen LogP) is 2.28. The molecule has 1 aliphatic carbocycles. The highest BCUT2D eigenvalue weighted by atomic mass is 79.9. The molecule has 3 rings (SSSR count). The molecule has 1 aliphatic rings. The second kappa shape index (κ2) is 3.48. The normalized spacial score (nSPS) is 15.8. The fraction of sp³-hybridized carbons (Fsp3) is 0.400. The molecule has 78 valence electrons. The summed E-state index contributed by atoms with van der Waals surface area (Å²) in [5, 5.41) is 0. The maximum absolute atomic E-state index is 5.66. The summed E-state index contributed by atoms with van der Waals surface area (Å²) in [6.45, 7) is 0.756. The molecule has 0 spiro atoms. The minimum Gasteiger partial charge on any atom is -0.475 e. The van der Waals surface area contributed by atoms with Crippen LogP contribution in [0, 0.1) is 5.92 Å². The van der Waals surface area contributed by atoms with Crippen molar-refractivity contribution in [2.24, 2.45) is 5.92 Å². The maximum atomic E-state index is 5.66. The Morgan fingerprint density at radius 3 is 3.20 bits per heavy atom. The van der Waals surface area contributed by atoms with Crippen LogP contribution < -0.4 is 4.74 Å². The Morgan fingerprint density at radius 2 is 2.40 bits per heavy atom. The fourth-order valence-corrected chi connectivity index (χ4v) is 1.83. The van der Waals surface area contributed by atoms with Gasteiger partial charge in [0, 0.05) is 18.6 Å². The third-order valence-electron chi connectivity index (χ3n) is 2.47. The standard InChI is InChI=1S/C10H10BrN3O/c11-8-5-14-4-3-12-9(14)10(13-8)15-6-7-1-2-7/h3-5,7H,1-2,6H2. The van der Waals surface area contributed by atoms with Crippen molar-refractivity contribution < 1.29 is 4.74 Å². The first-order chi connectivity index (χ1) is 7.33. The van der Waals surface area contributed by atoms with Crippen LogP contribution >= 0.6 is 15.9 Å². The lowest BCUT2D eigenvalue weighted by atomic mass is 10.5. The van der Waals surface area contributed by atoms with Crippen molar-refractivity contribution in [1.29, 1.82) is 0 Å². The molecule has 2 heterocycles. The highest BCUT2D eigenvalue weighted by molar-refractivity contribution is 9.10. The van der Waals surface area contributed by atoms with Crippen LogP contribution in [-0.4, -0.2) is 21.0 Å². The summed E-state index contributed by atoms with van der Waals surface area (Å²) in [4.78, 5) is 8.50. The van der Waals surface area contributed by atoms with Crippen molar-refractivity contribution in [3.05, 3.63) is 23.2 Å². The Hall–Kier alpha value is -1.10. The zero-order valence-corrected chi connectivity index (χ0v) is 9.64. The summed E-state index contributed by atoms with van der Waals surface area (Å²) in [5.41, 5.74) is 0.777. The van der Waals surface area contributed by atoms with Gasteiger partial charge in [0.1, 0.15) is 4.60 Å². The summed E-state index contributed by atoms with van der Waals surface area (Å²) in [7, 11) is 0. The molecule has 0 aromatic carbocycles. The van der Waals surface area contributed by atoms with Gasteiger partial charge in [-0.05, 0) is 34.7 Å². The Kier molecular flexibility index (Phi) is 2.12. The van der Waals surface area contributed by atoms with Crippen LogP contribution in [0.15, 0.2) is 23.2 Å². The summed E-state index contributed by atoms with van der Waals surface area (Å²) in [6, 6.07) is 0. The number of ether oxygens (including phenoxy) is 1. The highest BCUT2D eigenvalue weighted by Crippen LogP contribution is 2.30. The molecule has 0 atom stereocenters. The summed E-state index contributed by atoms with van der Waals surface area (Å²) in [5.74, 6) is 1.34. The van der Waals surface area contributed by atoms with Crippen LogP contribution in [0.5, 0.6) is 5.88 Å². The van der Waals surface area contributed by atoms with Gasteiger partial charge in [-0.25, -0.2) is 9.97 Å². The Morgan fingerprint density at radius 1 is 1.53 bits per heavy atom. The van der Waals surface area contributed by atoms with Crippen molar-refractivity contribution >= 4 is 21.6 Å². The first kappa shape index (κ1) is 9.15. The molecule has 0 N–H and O–H groups in total. The van der Waals surface area contributed by atoms with E-state index in [1.165, 1.54) is 12.8 Å². The molecule has 15 heavy (non-hydrogen) atoms. The van der Waals surface area contributed by atoms with Crippen LogP contribution in [0.3, 0.4) is 0 Å². The number of nitrogens with zero attached hydrogens (tertiary/aromatic N) is 3. The predicted molar refractivity (Wildman–Crippen MR) is 58.9 cm³/mol. The molecular weight excluding hydrogens is 258 g/mol. The van der Waals surface area contributed by atoms with E-state index in [9.17, 15) is 0 Å². The smallest absolute Gasteiger partial charge is 0.259 e. The average molecular weight is 268 g/mol. The fourth-order valence-electron chi connectivity index (χ4n) is 1.45. The number of aromatic nitrogens is 3. The van der Waals surface area contributed by atoms with Crippen LogP contribution in [0.2, 0.25) is 0 Å². The number of halogens is 1. The minimum atomic E-state index is 0.612. The summed E-state index contributed by atoms with van der Waals surface area (Å²) >= 11 is 3.35. The average Bonchev–Trinajstić information content (AvgIpc) is 2.92. The van der Waals surface area contributed by atoms with Crippen molar-refractivity contribution in [3.8, 4) is 5.88 Å². The van der Waals surface area contributed by atoms with E-state index in [2.05, 4.69) is 25.9 Å². The molecule has 0 amide bonds. The van der Waals surface area contributed by atoms with E-state index in [0.717, 1.165) is 22.8 Å². The van der Waals surface area contributed by atoms with Gasteiger partial charge in [0.05, 0.1) is 6.61 Å². The zero-order chi connectivity index (χ0) is 10.3. The SMILES string of the molecule is Brc1cn2ccnc2c(OCC2CC2)n1. The van der Waals surface area contributed by atoms with Gasteiger partial charge in [-0.3, -0.25) is 4.40 Å². The lowest BCUT2D eigenvalue weighted by molar-refractivity contribution is 0.290. The molecule has 0 unspecified atom stereocenters. The van der Waals surface area contributed by atoms with Gasteiger partial charge in [0.25, 0.3) is 5.88 Å². The molecule has 0 bridgehead atoms. The Bertz CT molecular complexity index is 492. The monoisotopic (exact) mass is 267 g/mol. The van der Waals surface area contributed by atoms with Crippen LogP contribution in [-0.2, 0) is 0 Å². The van der Waals surface area contributed by atoms with E-state index >= 15 is 0 Å². The van der Waals surface area contributed by atoms with E-state index in [4.69, 9.17) is 4.74 Å². The Labute approximate surface area is 95.4 Å². The number of rotatable bonds is 3. The lowest BCUT2D eigenvalue weighted by Crippen LogP contribution is -2.03. The van der Waals surface area contributed by atoms with Gasteiger partial charge < -0.3 is 4.74 Å². The summed E-state index contributed by atoms with van der Waals surface area (Å²) in [6.07, 6.45) is 8.04. The van der Waals surface area contributed by atoms with E-state index in [0.29, 0.717) is 5.88 Å². The van der Waals surface area contributed by atoms with Crippen molar-refractivity contribution in [1.82, 2.24) is 14.4 Å². The first-order valence-corrected chi connectivity index (χ1v) is 5.74. The van der Waals surface area contributed by atoms with Gasteiger partial charge in [-0.2, -0.15) is 0 Å². The molecule has 4 nitrogen and oxygen atoms in total. The molecule has 1 fully saturated rings. The van der Waals surface area contributed by atoms with Crippen molar-refractivity contribution in [2.75, 3.05) is 6.61 Å². The van der Waals surface area contributed by atoms with Gasteiger partial charge >= 0.3 is 0 Å². The molecule has 0 radical (unpaired) electrons. The molecule has 0 aliphatic heterocycles. The van der Waals surface area contributed by atoms with Crippen molar-refractivity contribution in [3.63, 3.8) is 0 Å². The maximum Gasteiger partial charge on any atom is 0.259 e. The molecule has 0 saturated heterocycles. The minimum absolute atomic E-state index is 0.612. The molecular formula is C10H10BrN3O. The second-order valence-corrected chi connectivity index (χ2v) is 4.59. The van der Waals surface area contributed by atoms with Gasteiger partial charge in [-0.1, -0.05) is 0 Å². The number of hydrogen-bond donors (Lipinski definition) is 0. The quantitative estimate of drug-likeness (QED) is 0.857. The van der Waals surface area contributed by atoms with Gasteiger partial charge in [0.15, 0.2) is 0 Å². The molecule has 2 aromatic rings. The van der Waals surface area contributed by atoms with Gasteiger partial charge in [-0.15, -0.1) is 0 Å². The Balaban J connectivity index is 1.95. The van der Waals surface area contributed by atoms with Crippen LogP contribution in [0.1, 0.15) is 12.8 Å². The number of hydrogen-bond acceptors (Lipinski definition) is 3. The third kappa shape index (κ3) is 1.84. The van der Waals surface area contributed by atoms with E-state index in [1.54, 1.807) is 6.20 Å². The number of imidazole rings is 1. The first-order valence-electron chi connectivity index (χ1n) is 4.95. The van der Waals surface area contributed by atoms with E-state index in [1.807, 2.05) is 16.8 Å². The second-order valence-electron chi connectivity index (χ2n) is 3.78. The van der Waals surface area contributed by atoms with Gasteiger partial charge in [0.2, 0.25) is 5.65 Å². The van der Waals surface area contributed by atoms with Crippen molar-refractivity contribution in [2.45, 2.75) is 12.8 Å². The summed E-state index contributed by atoms with van der Waals surface area (Å²) < 4.78 is 8.32. The van der Waals surface area contributed by atoms with Crippen LogP contribution in [0.4, 0.5) is 0 Å². The molecule has 2 aromatic heterocycles. The lowest BCUT2D eigenvalue weighted by Gasteiger charge is -2.05. The van der Waals surface area contributed by atoms with E-state index in [-0.39, 0.29) is 0 Å². The zero-order valence-electron chi connectivity index (χ0n) is 8.06. The highest BCUT2D eigenvalue weighted by Gasteiger charge is 2.22. The third-order valence-corrected chi connectivity index (χ3v) is 2.85. The van der Waals surface area contributed by atoms with E-state index < -0.39 is 0 Å². The molecule has 1 saturated carbocycles. The van der Waals surface area contributed by atoms with Crippen LogP contribution in [0.25, 0.3) is 5.65 Å². The molecule has 5 heteroatoms.